The summed E-state index contributed by atoms with van der Waals surface area (Å²) in [6, 6.07) is 6.22. The fourth-order valence-corrected chi connectivity index (χ4v) is 4.35. The van der Waals surface area contributed by atoms with Crippen LogP contribution in [0.1, 0.15) is 49.7 Å². The zero-order chi connectivity index (χ0) is 22.9. The Morgan fingerprint density at radius 1 is 1.12 bits per heavy atom. The van der Waals surface area contributed by atoms with E-state index in [2.05, 4.69) is 15.7 Å². The van der Waals surface area contributed by atoms with Crippen LogP contribution in [-0.2, 0) is 20.9 Å². The molecule has 32 heavy (non-hydrogen) atoms. The first-order valence-corrected chi connectivity index (χ1v) is 11.0. The Morgan fingerprint density at radius 2 is 1.84 bits per heavy atom. The lowest BCUT2D eigenvalue weighted by molar-refractivity contribution is -0.150. The molecule has 0 bridgehead atoms. The molecule has 1 aromatic carbocycles. The van der Waals surface area contributed by atoms with Crippen molar-refractivity contribution < 1.29 is 24.7 Å². The van der Waals surface area contributed by atoms with E-state index < -0.39 is 18.1 Å². The third-order valence-electron chi connectivity index (χ3n) is 6.18. The van der Waals surface area contributed by atoms with Crippen LogP contribution in [0.25, 0.3) is 0 Å². The van der Waals surface area contributed by atoms with Crippen LogP contribution in [0.2, 0.25) is 0 Å². The van der Waals surface area contributed by atoms with Crippen molar-refractivity contribution in [3.63, 3.8) is 0 Å². The molecule has 1 aromatic rings. The predicted molar refractivity (Wildman–Crippen MR) is 117 cm³/mol. The lowest BCUT2D eigenvalue weighted by atomic mass is 9.82. The zero-order valence-corrected chi connectivity index (χ0v) is 18.0. The molecule has 3 rings (SSSR count). The highest BCUT2D eigenvalue weighted by molar-refractivity contribution is 5.91. The summed E-state index contributed by atoms with van der Waals surface area (Å²) in [5, 5.41) is 26.9. The minimum atomic E-state index is -0.999. The molecule has 1 saturated heterocycles. The number of hydrogen-bond donors (Lipinski definition) is 5. The Kier molecular flexibility index (Phi) is 8.57. The van der Waals surface area contributed by atoms with E-state index in [9.17, 15) is 14.4 Å². The first-order valence-electron chi connectivity index (χ1n) is 11.0. The highest BCUT2D eigenvalue weighted by Crippen LogP contribution is 2.29. The predicted octanol–water partition coefficient (Wildman–Crippen LogP) is 0.840. The Morgan fingerprint density at radius 3 is 2.44 bits per heavy atom. The molecule has 1 aliphatic carbocycles. The van der Waals surface area contributed by atoms with E-state index in [4.69, 9.17) is 10.3 Å². The number of nitrogens with one attached hydrogen (secondary N) is 3. The average Bonchev–Trinajstić information content (AvgIpc) is 2.77. The fraction of sp³-hybridized carbons (Fsp3) is 0.545. The van der Waals surface area contributed by atoms with Crippen LogP contribution in [0.3, 0.4) is 0 Å². The van der Waals surface area contributed by atoms with Gasteiger partial charge in [-0.3, -0.25) is 24.9 Å². The highest BCUT2D eigenvalue weighted by atomic mass is 16.5. The minimum absolute atomic E-state index is 0.1000. The van der Waals surface area contributed by atoms with Crippen molar-refractivity contribution >= 4 is 24.0 Å². The van der Waals surface area contributed by atoms with E-state index >= 15 is 0 Å². The number of carbonyl (C=O) groups is 3. The molecular formula is C22H31N5O5. The van der Waals surface area contributed by atoms with E-state index in [0.717, 1.165) is 43.2 Å². The van der Waals surface area contributed by atoms with E-state index in [1.165, 1.54) is 6.21 Å². The third-order valence-corrected chi connectivity index (χ3v) is 6.18. The molecule has 1 saturated carbocycles. The molecule has 0 aromatic heterocycles. The van der Waals surface area contributed by atoms with Crippen molar-refractivity contribution in [2.75, 3.05) is 13.1 Å². The van der Waals surface area contributed by atoms with E-state index in [-0.39, 0.29) is 24.3 Å². The molecule has 1 aliphatic heterocycles. The van der Waals surface area contributed by atoms with Gasteiger partial charge in [-0.25, -0.2) is 0 Å². The van der Waals surface area contributed by atoms with Crippen molar-refractivity contribution in [1.29, 1.82) is 0 Å². The number of hydrazone groups is 1. The number of carboxylic acid groups (broad SMARTS) is 1. The van der Waals surface area contributed by atoms with Crippen LogP contribution in [0.4, 0.5) is 0 Å². The van der Waals surface area contributed by atoms with Crippen LogP contribution in [-0.4, -0.2) is 64.4 Å². The van der Waals surface area contributed by atoms with Crippen LogP contribution in [0.5, 0.6) is 0 Å². The maximum atomic E-state index is 13.2. The lowest BCUT2D eigenvalue weighted by Crippen LogP contribution is -2.63. The standard InChI is InChI=1S/C22H31N5O5/c28-19(29)14-23-20(17-4-2-1-3-5-17)22(31)27-11-10-18(27)21(30)24-12-15-6-8-16(9-7-15)13-25-26-32/h6-9,13,17-18,20,23,26,32H,1-5,10-12,14H2,(H,24,30)(H,28,29)/b25-13+. The van der Waals surface area contributed by atoms with Gasteiger partial charge in [-0.05, 0) is 36.3 Å². The number of amides is 2. The summed E-state index contributed by atoms with van der Waals surface area (Å²) in [5.41, 5.74) is 3.39. The maximum absolute atomic E-state index is 13.2. The summed E-state index contributed by atoms with van der Waals surface area (Å²) in [5.74, 6) is -1.28. The van der Waals surface area contributed by atoms with Crippen LogP contribution < -0.4 is 16.2 Å². The van der Waals surface area contributed by atoms with Crippen molar-refractivity contribution in [1.82, 2.24) is 21.1 Å². The summed E-state index contributed by atoms with van der Waals surface area (Å²) in [6.07, 6.45) is 7.05. The number of carboxylic acids is 1. The van der Waals surface area contributed by atoms with Gasteiger partial charge >= 0.3 is 5.97 Å². The summed E-state index contributed by atoms with van der Waals surface area (Å²) >= 11 is 0. The summed E-state index contributed by atoms with van der Waals surface area (Å²) in [7, 11) is 0. The van der Waals surface area contributed by atoms with Gasteiger partial charge < -0.3 is 15.3 Å². The molecule has 0 spiro atoms. The SMILES string of the molecule is O=C(O)CNC(C(=O)N1CCC1C(=O)NCc1ccc(/C=N/NO)cc1)C1CCCCC1. The lowest BCUT2D eigenvalue weighted by Gasteiger charge is -2.43. The van der Waals surface area contributed by atoms with E-state index in [0.29, 0.717) is 19.5 Å². The normalized spacial score (nSPS) is 19.9. The zero-order valence-electron chi connectivity index (χ0n) is 18.0. The van der Waals surface area contributed by atoms with Crippen molar-refractivity contribution in [3.8, 4) is 0 Å². The second-order valence-corrected chi connectivity index (χ2v) is 8.30. The van der Waals surface area contributed by atoms with Crippen molar-refractivity contribution in [3.05, 3.63) is 35.4 Å². The van der Waals surface area contributed by atoms with Gasteiger partial charge in [0.2, 0.25) is 11.8 Å². The minimum Gasteiger partial charge on any atom is -0.480 e. The maximum Gasteiger partial charge on any atom is 0.317 e. The number of carbonyl (C=O) groups excluding carboxylic acids is 2. The Bertz CT molecular complexity index is 823. The first kappa shape index (κ1) is 23.7. The van der Waals surface area contributed by atoms with Crippen LogP contribution >= 0.6 is 0 Å². The molecule has 2 amide bonds. The van der Waals surface area contributed by atoms with Crippen LogP contribution in [0.15, 0.2) is 29.4 Å². The number of aliphatic carboxylic acids is 1. The molecule has 2 atom stereocenters. The highest BCUT2D eigenvalue weighted by Gasteiger charge is 2.42. The summed E-state index contributed by atoms with van der Waals surface area (Å²) in [6.45, 7) is 0.560. The Balaban J connectivity index is 1.56. The van der Waals surface area contributed by atoms with Gasteiger partial charge in [0.25, 0.3) is 0 Å². The van der Waals surface area contributed by atoms with Crippen molar-refractivity contribution in [2.24, 2.45) is 11.0 Å². The number of rotatable bonds is 10. The fourth-order valence-electron chi connectivity index (χ4n) is 4.35. The van der Waals surface area contributed by atoms with Crippen LogP contribution in [0, 0.1) is 5.92 Å². The van der Waals surface area contributed by atoms with Gasteiger partial charge in [0.05, 0.1) is 18.8 Å². The number of nitrogens with zero attached hydrogens (tertiary/aromatic N) is 2. The largest absolute Gasteiger partial charge is 0.480 e. The number of hydrogen-bond acceptors (Lipinski definition) is 7. The van der Waals surface area contributed by atoms with Crippen molar-refractivity contribution in [2.45, 2.75) is 57.2 Å². The summed E-state index contributed by atoms with van der Waals surface area (Å²) in [4.78, 5) is 38.5. The first-order chi connectivity index (χ1) is 15.5. The molecule has 2 fully saturated rings. The Labute approximate surface area is 187 Å². The Hall–Kier alpha value is -2.98. The van der Waals surface area contributed by atoms with Gasteiger partial charge in [-0.2, -0.15) is 10.7 Å². The summed E-state index contributed by atoms with van der Waals surface area (Å²) < 4.78 is 0. The van der Waals surface area contributed by atoms with Gasteiger partial charge in [0.15, 0.2) is 0 Å². The number of likely N-dealkylation sites (tertiary alicyclic amines) is 1. The third kappa shape index (κ3) is 6.27. The molecule has 10 heteroatoms. The smallest absolute Gasteiger partial charge is 0.317 e. The monoisotopic (exact) mass is 445 g/mol. The van der Waals surface area contributed by atoms with Gasteiger partial charge in [0.1, 0.15) is 6.04 Å². The van der Waals surface area contributed by atoms with E-state index in [1.807, 2.05) is 24.3 Å². The average molecular weight is 446 g/mol. The van der Waals surface area contributed by atoms with Gasteiger partial charge in [0, 0.05) is 13.1 Å². The molecular weight excluding hydrogens is 414 g/mol. The topological polar surface area (TPSA) is 143 Å². The van der Waals surface area contributed by atoms with Gasteiger partial charge in [-0.1, -0.05) is 43.5 Å². The second-order valence-electron chi connectivity index (χ2n) is 8.30. The molecule has 2 unspecified atom stereocenters. The van der Waals surface area contributed by atoms with E-state index in [1.54, 1.807) is 10.5 Å². The second kappa shape index (κ2) is 11.6. The molecule has 174 valence electrons. The quantitative estimate of drug-likeness (QED) is 0.265. The molecule has 5 N–H and O–H groups in total. The molecule has 0 radical (unpaired) electrons. The molecule has 10 nitrogen and oxygen atoms in total. The molecule has 1 heterocycles. The molecule has 2 aliphatic rings. The van der Waals surface area contributed by atoms with Gasteiger partial charge in [-0.15, -0.1) is 0 Å². The number of benzene rings is 1.